The molecule has 0 amide bonds. The number of rotatable bonds is 6. The molecule has 0 spiro atoms. The number of hydrogen-bond donors (Lipinski definition) is 0. The summed E-state index contributed by atoms with van der Waals surface area (Å²) < 4.78 is 23.1. The fourth-order valence-electron chi connectivity index (χ4n) is 14.0. The Hall–Kier alpha value is -10.3. The Balaban J connectivity index is 0.945. The molecule has 0 N–H and O–H groups in total. The summed E-state index contributed by atoms with van der Waals surface area (Å²) in [6, 6.07) is 91.5. The standard InChI is InChI=1S/C80H59BN2O3/c1-79(2,3)54-32-38-73-63(44-54)61-40-50(30-36-71(61)84-73)52-28-34-65-69(42-52)83(78-57(48-18-9-7-10-19-48)24-17-25-58(78)49-20-11-8-12-21-49)70-46-56(82-67-26-15-13-22-59(67)60-23-14-16-27-68(60)82)47-76-77(70)81(65)66-35-29-53(43-75(66)86-76)51-31-37-72-62(41-51)64-45-55(80(4,5)6)33-39-74(64)85-72/h7-47H,1-6H3. The summed E-state index contributed by atoms with van der Waals surface area (Å²) in [4.78, 5) is 2.58. The Kier molecular flexibility index (Phi) is 10.9. The normalized spacial score (nSPS) is 13.0. The lowest BCUT2D eigenvalue weighted by atomic mass is 9.34. The number of fused-ring (bicyclic) bond motifs is 13. The smallest absolute Gasteiger partial charge is 0.256 e. The highest BCUT2D eigenvalue weighted by Crippen LogP contribution is 2.51. The Labute approximate surface area is 500 Å². The van der Waals surface area contributed by atoms with Gasteiger partial charge in [-0.25, -0.2) is 0 Å². The van der Waals surface area contributed by atoms with E-state index in [1.807, 2.05) is 0 Å². The predicted molar refractivity (Wildman–Crippen MR) is 360 cm³/mol. The second-order valence-corrected chi connectivity index (χ2v) is 25.6. The van der Waals surface area contributed by atoms with E-state index in [0.29, 0.717) is 0 Å². The van der Waals surface area contributed by atoms with Crippen LogP contribution in [0.2, 0.25) is 0 Å². The van der Waals surface area contributed by atoms with Gasteiger partial charge in [0.05, 0.1) is 22.4 Å². The zero-order valence-electron chi connectivity index (χ0n) is 48.9. The number of benzene rings is 12. The fraction of sp³-hybridized carbons (Fsp3) is 0.100. The zero-order chi connectivity index (χ0) is 57.7. The first-order valence-corrected chi connectivity index (χ1v) is 30.0. The number of anilines is 3. The summed E-state index contributed by atoms with van der Waals surface area (Å²) in [6.45, 7) is 13.4. The van der Waals surface area contributed by atoms with Crippen molar-refractivity contribution in [3.63, 3.8) is 0 Å². The molecule has 17 rings (SSSR count). The van der Waals surface area contributed by atoms with E-state index in [1.165, 1.54) is 27.4 Å². The van der Waals surface area contributed by atoms with E-state index < -0.39 is 0 Å². The third-order valence-corrected chi connectivity index (χ3v) is 18.4. The third kappa shape index (κ3) is 7.79. The molecule has 0 saturated carbocycles. The second-order valence-electron chi connectivity index (χ2n) is 25.6. The van der Waals surface area contributed by atoms with Crippen LogP contribution in [0.15, 0.2) is 258 Å². The Bertz CT molecular complexity index is 5190. The zero-order valence-corrected chi connectivity index (χ0v) is 48.9. The van der Waals surface area contributed by atoms with Gasteiger partial charge in [0.25, 0.3) is 6.71 Å². The SMILES string of the molecule is CC(C)(C)c1ccc2oc3ccc(-c4ccc5c(c4)Oc4cc(-n6c7ccccc7c7ccccc76)cc6c4B5c4ccc(-c5ccc7oc8ccc(C(C)(C)C)cc8c7c5)cc4N6c4c(-c5ccccc5)cccc4-c4ccccc4)cc3c2c1. The van der Waals surface area contributed by atoms with Crippen molar-refractivity contribution in [2.75, 3.05) is 4.90 Å². The molecule has 15 aromatic rings. The molecule has 0 bridgehead atoms. The van der Waals surface area contributed by atoms with E-state index in [2.05, 4.69) is 300 Å². The van der Waals surface area contributed by atoms with Crippen LogP contribution >= 0.6 is 0 Å². The molecular formula is C80H59BN2O3. The molecule has 410 valence electrons. The van der Waals surface area contributed by atoms with E-state index >= 15 is 0 Å². The van der Waals surface area contributed by atoms with Gasteiger partial charge in [-0.05, 0) is 151 Å². The Morgan fingerprint density at radius 2 is 0.802 bits per heavy atom. The van der Waals surface area contributed by atoms with Gasteiger partial charge < -0.3 is 23.0 Å². The number of hydrogen-bond acceptors (Lipinski definition) is 4. The minimum atomic E-state index is -0.193. The van der Waals surface area contributed by atoms with Crippen molar-refractivity contribution in [1.82, 2.24) is 4.57 Å². The average molecular weight is 1110 g/mol. The van der Waals surface area contributed by atoms with Gasteiger partial charge in [-0.2, -0.15) is 0 Å². The van der Waals surface area contributed by atoms with Gasteiger partial charge in [0.2, 0.25) is 0 Å². The number of aromatic nitrogens is 1. The molecule has 3 aromatic heterocycles. The predicted octanol–water partition coefficient (Wildman–Crippen LogP) is 20.3. The summed E-state index contributed by atoms with van der Waals surface area (Å²) in [7, 11) is 0. The van der Waals surface area contributed by atoms with Gasteiger partial charge >= 0.3 is 0 Å². The lowest BCUT2D eigenvalue weighted by molar-refractivity contribution is 0.487. The van der Waals surface area contributed by atoms with Crippen molar-refractivity contribution < 1.29 is 13.6 Å². The first kappa shape index (κ1) is 50.2. The molecule has 0 fully saturated rings. The van der Waals surface area contributed by atoms with Gasteiger partial charge in [0, 0.05) is 60.9 Å². The van der Waals surface area contributed by atoms with Gasteiger partial charge in [0.15, 0.2) is 0 Å². The summed E-state index contributed by atoms with van der Waals surface area (Å²) in [5, 5.41) is 6.86. The average Bonchev–Trinajstić information content (AvgIpc) is 0.837. The molecule has 2 aliphatic rings. The lowest BCUT2D eigenvalue weighted by Gasteiger charge is -2.42. The van der Waals surface area contributed by atoms with Crippen molar-refractivity contribution in [2.45, 2.75) is 52.4 Å². The van der Waals surface area contributed by atoms with Gasteiger partial charge in [-0.1, -0.05) is 205 Å². The van der Waals surface area contributed by atoms with Crippen LogP contribution in [0.25, 0.3) is 116 Å². The van der Waals surface area contributed by atoms with E-state index in [-0.39, 0.29) is 17.5 Å². The maximum Gasteiger partial charge on any atom is 0.256 e. The van der Waals surface area contributed by atoms with Crippen LogP contribution in [-0.2, 0) is 10.8 Å². The van der Waals surface area contributed by atoms with E-state index in [4.69, 9.17) is 13.6 Å². The number of furan rings is 2. The van der Waals surface area contributed by atoms with E-state index in [0.717, 1.165) is 145 Å². The topological polar surface area (TPSA) is 43.7 Å². The molecule has 0 atom stereocenters. The van der Waals surface area contributed by atoms with Crippen molar-refractivity contribution in [3.05, 3.63) is 260 Å². The summed E-state index contributed by atoms with van der Waals surface area (Å²) in [5.74, 6) is 1.66. The van der Waals surface area contributed by atoms with Crippen LogP contribution in [0.4, 0.5) is 17.1 Å². The maximum absolute atomic E-state index is 7.60. The molecule has 0 aliphatic carbocycles. The van der Waals surface area contributed by atoms with Crippen LogP contribution < -0.4 is 26.0 Å². The third-order valence-electron chi connectivity index (χ3n) is 18.4. The van der Waals surface area contributed by atoms with E-state index in [9.17, 15) is 0 Å². The molecule has 5 heterocycles. The molecule has 86 heavy (non-hydrogen) atoms. The summed E-state index contributed by atoms with van der Waals surface area (Å²) >= 11 is 0. The lowest BCUT2D eigenvalue weighted by Crippen LogP contribution is -2.59. The van der Waals surface area contributed by atoms with Gasteiger partial charge in [-0.15, -0.1) is 0 Å². The minimum Gasteiger partial charge on any atom is -0.458 e. The quantitative estimate of drug-likeness (QED) is 0.156. The monoisotopic (exact) mass is 1110 g/mol. The number of para-hydroxylation sites is 3. The van der Waals surface area contributed by atoms with Crippen LogP contribution in [0.1, 0.15) is 52.7 Å². The molecule has 12 aromatic carbocycles. The minimum absolute atomic E-state index is 0.00471. The largest absolute Gasteiger partial charge is 0.458 e. The van der Waals surface area contributed by atoms with Crippen molar-refractivity contribution in [2.24, 2.45) is 0 Å². The Morgan fingerprint density at radius 1 is 0.337 bits per heavy atom. The van der Waals surface area contributed by atoms with Gasteiger partial charge in [-0.3, -0.25) is 0 Å². The number of ether oxygens (including phenoxy) is 1. The highest BCUT2D eigenvalue weighted by atomic mass is 16.5. The molecule has 0 radical (unpaired) electrons. The maximum atomic E-state index is 7.60. The summed E-state index contributed by atoms with van der Waals surface area (Å²) in [6.07, 6.45) is 0. The molecule has 2 aliphatic heterocycles. The summed E-state index contributed by atoms with van der Waals surface area (Å²) in [5.41, 5.74) is 24.9. The molecule has 0 unspecified atom stereocenters. The highest BCUT2D eigenvalue weighted by molar-refractivity contribution is 6.99. The van der Waals surface area contributed by atoms with Crippen molar-refractivity contribution in [3.8, 4) is 61.7 Å². The molecule has 0 saturated heterocycles. The Morgan fingerprint density at radius 3 is 1.35 bits per heavy atom. The first-order valence-electron chi connectivity index (χ1n) is 30.0. The molecule has 6 heteroatoms. The van der Waals surface area contributed by atoms with Crippen LogP contribution in [-0.4, -0.2) is 11.3 Å². The van der Waals surface area contributed by atoms with Gasteiger partial charge in [0.1, 0.15) is 33.8 Å². The van der Waals surface area contributed by atoms with E-state index in [1.54, 1.807) is 0 Å². The highest BCUT2D eigenvalue weighted by Gasteiger charge is 2.44. The van der Waals surface area contributed by atoms with Crippen molar-refractivity contribution >= 4 is 106 Å². The number of nitrogens with zero attached hydrogens (tertiary/aromatic N) is 2. The fourth-order valence-corrected chi connectivity index (χ4v) is 14.0. The second kappa shape index (κ2) is 18.6. The molecule has 5 nitrogen and oxygen atoms in total. The van der Waals surface area contributed by atoms with Crippen LogP contribution in [0, 0.1) is 0 Å². The van der Waals surface area contributed by atoms with Crippen LogP contribution in [0.3, 0.4) is 0 Å². The molecular weight excluding hydrogens is 1050 g/mol. The van der Waals surface area contributed by atoms with Crippen molar-refractivity contribution in [1.29, 1.82) is 0 Å². The van der Waals surface area contributed by atoms with Crippen LogP contribution in [0.5, 0.6) is 11.5 Å². The first-order chi connectivity index (χ1) is 41.9.